The molecule has 0 fully saturated rings. The average Bonchev–Trinajstić information content (AvgIpc) is 2.76. The van der Waals surface area contributed by atoms with Crippen LogP contribution in [-0.4, -0.2) is 23.7 Å². The molecule has 1 aliphatic carbocycles. The van der Waals surface area contributed by atoms with Gasteiger partial charge in [0.2, 0.25) is 0 Å². The molecule has 2 rings (SSSR count). The van der Waals surface area contributed by atoms with Gasteiger partial charge in [0, 0.05) is 18.2 Å². The maximum Gasteiger partial charge on any atom is 0.331 e. The van der Waals surface area contributed by atoms with Gasteiger partial charge in [-0.3, -0.25) is 0 Å². The van der Waals surface area contributed by atoms with Gasteiger partial charge in [0.25, 0.3) is 0 Å². The van der Waals surface area contributed by atoms with Crippen molar-refractivity contribution in [3.63, 3.8) is 0 Å². The van der Waals surface area contributed by atoms with Crippen molar-refractivity contribution in [3.8, 4) is 0 Å². The van der Waals surface area contributed by atoms with Crippen LogP contribution in [0.2, 0.25) is 0 Å². The Morgan fingerprint density at radius 2 is 2.00 bits per heavy atom. The standard InChI is InChI=1S/C15H19NO2/c1-2-11(15(17)18)7-8-16-14-9-12-5-3-4-6-13(12)10-14/h3-7,14,16H,2,8-10H2,1H3,(H,17,18)/b11-7-. The van der Waals surface area contributed by atoms with Crippen molar-refractivity contribution in [2.24, 2.45) is 0 Å². The Hall–Kier alpha value is -1.61. The van der Waals surface area contributed by atoms with Gasteiger partial charge in [-0.25, -0.2) is 4.79 Å². The Morgan fingerprint density at radius 3 is 2.50 bits per heavy atom. The van der Waals surface area contributed by atoms with E-state index in [-0.39, 0.29) is 0 Å². The molecule has 0 saturated heterocycles. The summed E-state index contributed by atoms with van der Waals surface area (Å²) in [5.41, 5.74) is 3.30. The summed E-state index contributed by atoms with van der Waals surface area (Å²) in [7, 11) is 0. The fourth-order valence-electron chi connectivity index (χ4n) is 2.43. The third-order valence-corrected chi connectivity index (χ3v) is 3.46. The van der Waals surface area contributed by atoms with E-state index in [1.165, 1.54) is 11.1 Å². The van der Waals surface area contributed by atoms with Crippen LogP contribution in [0.15, 0.2) is 35.9 Å². The molecule has 0 spiro atoms. The fourth-order valence-corrected chi connectivity index (χ4v) is 2.43. The lowest BCUT2D eigenvalue weighted by Gasteiger charge is -2.10. The largest absolute Gasteiger partial charge is 0.478 e. The number of carboxylic acids is 1. The number of hydrogen-bond donors (Lipinski definition) is 2. The zero-order valence-electron chi connectivity index (χ0n) is 10.6. The fraction of sp³-hybridized carbons (Fsp3) is 0.400. The minimum atomic E-state index is -0.811. The number of nitrogens with one attached hydrogen (secondary N) is 1. The molecule has 0 unspecified atom stereocenters. The second kappa shape index (κ2) is 5.83. The molecule has 0 heterocycles. The van der Waals surface area contributed by atoms with Crippen LogP contribution in [-0.2, 0) is 17.6 Å². The Bertz CT molecular complexity index is 440. The molecule has 1 aliphatic rings. The normalized spacial score (nSPS) is 15.7. The molecule has 0 aromatic heterocycles. The smallest absolute Gasteiger partial charge is 0.331 e. The van der Waals surface area contributed by atoms with Gasteiger partial charge in [0.15, 0.2) is 0 Å². The number of rotatable bonds is 5. The summed E-state index contributed by atoms with van der Waals surface area (Å²) >= 11 is 0. The number of hydrogen-bond acceptors (Lipinski definition) is 2. The van der Waals surface area contributed by atoms with Crippen LogP contribution in [0.5, 0.6) is 0 Å². The molecule has 1 aromatic carbocycles. The molecule has 18 heavy (non-hydrogen) atoms. The number of fused-ring (bicyclic) bond motifs is 1. The lowest BCUT2D eigenvalue weighted by molar-refractivity contribution is -0.132. The summed E-state index contributed by atoms with van der Waals surface area (Å²) in [5.74, 6) is -0.811. The highest BCUT2D eigenvalue weighted by Crippen LogP contribution is 2.21. The van der Waals surface area contributed by atoms with Gasteiger partial charge >= 0.3 is 5.97 Å². The highest BCUT2D eigenvalue weighted by Gasteiger charge is 2.19. The van der Waals surface area contributed by atoms with Crippen LogP contribution in [0.25, 0.3) is 0 Å². The summed E-state index contributed by atoms with van der Waals surface area (Å²) in [6, 6.07) is 8.91. The zero-order valence-corrected chi connectivity index (χ0v) is 10.6. The van der Waals surface area contributed by atoms with E-state index in [9.17, 15) is 4.79 Å². The van der Waals surface area contributed by atoms with E-state index in [2.05, 4.69) is 29.6 Å². The molecule has 3 heteroatoms. The summed E-state index contributed by atoms with van der Waals surface area (Å²) < 4.78 is 0. The van der Waals surface area contributed by atoms with Gasteiger partial charge in [0.1, 0.15) is 0 Å². The monoisotopic (exact) mass is 245 g/mol. The van der Waals surface area contributed by atoms with Crippen molar-refractivity contribution in [3.05, 3.63) is 47.0 Å². The predicted octanol–water partition coefficient (Wildman–Crippen LogP) is 2.16. The van der Waals surface area contributed by atoms with Gasteiger partial charge in [-0.15, -0.1) is 0 Å². The van der Waals surface area contributed by atoms with Crippen molar-refractivity contribution < 1.29 is 9.90 Å². The molecule has 3 nitrogen and oxygen atoms in total. The van der Waals surface area contributed by atoms with E-state index in [0.717, 1.165) is 12.8 Å². The van der Waals surface area contributed by atoms with Crippen molar-refractivity contribution in [1.29, 1.82) is 0 Å². The topological polar surface area (TPSA) is 49.3 Å². The molecule has 0 amide bonds. The Labute approximate surface area is 108 Å². The van der Waals surface area contributed by atoms with Gasteiger partial charge in [-0.2, -0.15) is 0 Å². The van der Waals surface area contributed by atoms with Crippen molar-refractivity contribution in [2.75, 3.05) is 6.54 Å². The van der Waals surface area contributed by atoms with E-state index in [1.807, 2.05) is 6.92 Å². The van der Waals surface area contributed by atoms with Gasteiger partial charge in [-0.1, -0.05) is 37.3 Å². The molecule has 0 saturated carbocycles. The summed E-state index contributed by atoms with van der Waals surface area (Å²) in [5, 5.41) is 12.3. The summed E-state index contributed by atoms with van der Waals surface area (Å²) in [4.78, 5) is 10.8. The van der Waals surface area contributed by atoms with Crippen molar-refractivity contribution >= 4 is 5.97 Å². The minimum Gasteiger partial charge on any atom is -0.478 e. The lowest BCUT2D eigenvalue weighted by Crippen LogP contribution is -2.29. The molecule has 0 aliphatic heterocycles. The van der Waals surface area contributed by atoms with Gasteiger partial charge in [0.05, 0.1) is 0 Å². The van der Waals surface area contributed by atoms with Crippen LogP contribution in [0, 0.1) is 0 Å². The lowest BCUT2D eigenvalue weighted by atomic mass is 10.1. The van der Waals surface area contributed by atoms with Gasteiger partial charge < -0.3 is 10.4 Å². The highest BCUT2D eigenvalue weighted by atomic mass is 16.4. The first-order valence-corrected chi connectivity index (χ1v) is 6.43. The molecule has 0 atom stereocenters. The maximum atomic E-state index is 10.8. The first kappa shape index (κ1) is 12.8. The Kier molecular flexibility index (Phi) is 4.15. The van der Waals surface area contributed by atoms with Crippen LogP contribution < -0.4 is 5.32 Å². The molecule has 96 valence electrons. The molecule has 0 radical (unpaired) electrons. The Morgan fingerprint density at radius 1 is 1.39 bits per heavy atom. The number of benzene rings is 1. The second-order valence-corrected chi connectivity index (χ2v) is 4.67. The Balaban J connectivity index is 1.85. The summed E-state index contributed by atoms with van der Waals surface area (Å²) in [6.07, 6.45) is 4.43. The average molecular weight is 245 g/mol. The molecule has 0 bridgehead atoms. The van der Waals surface area contributed by atoms with Crippen LogP contribution in [0.4, 0.5) is 0 Å². The minimum absolute atomic E-state index is 0.436. The quantitative estimate of drug-likeness (QED) is 0.782. The number of carboxylic acid groups (broad SMARTS) is 1. The zero-order chi connectivity index (χ0) is 13.0. The van der Waals surface area contributed by atoms with Crippen molar-refractivity contribution in [2.45, 2.75) is 32.2 Å². The molecule has 1 aromatic rings. The van der Waals surface area contributed by atoms with E-state index in [0.29, 0.717) is 24.6 Å². The number of carbonyl (C=O) groups is 1. The first-order chi connectivity index (χ1) is 8.70. The molecule has 2 N–H and O–H groups in total. The van der Waals surface area contributed by atoms with Gasteiger partial charge in [-0.05, 0) is 30.4 Å². The van der Waals surface area contributed by atoms with Crippen LogP contribution in [0.1, 0.15) is 24.5 Å². The maximum absolute atomic E-state index is 10.8. The van der Waals surface area contributed by atoms with Crippen molar-refractivity contribution in [1.82, 2.24) is 5.32 Å². The molecular formula is C15H19NO2. The molecular weight excluding hydrogens is 226 g/mol. The van der Waals surface area contributed by atoms with Crippen LogP contribution >= 0.6 is 0 Å². The third-order valence-electron chi connectivity index (χ3n) is 3.46. The number of aliphatic carboxylic acids is 1. The summed E-state index contributed by atoms with van der Waals surface area (Å²) in [6.45, 7) is 2.50. The second-order valence-electron chi connectivity index (χ2n) is 4.67. The van der Waals surface area contributed by atoms with E-state index < -0.39 is 5.97 Å². The van der Waals surface area contributed by atoms with E-state index in [4.69, 9.17) is 5.11 Å². The third kappa shape index (κ3) is 2.99. The first-order valence-electron chi connectivity index (χ1n) is 6.43. The van der Waals surface area contributed by atoms with E-state index >= 15 is 0 Å². The van der Waals surface area contributed by atoms with Crippen LogP contribution in [0.3, 0.4) is 0 Å². The SMILES string of the molecule is CC/C(=C/CNC1Cc2ccccc2C1)C(=O)O. The predicted molar refractivity (Wildman–Crippen MR) is 71.7 cm³/mol. The highest BCUT2D eigenvalue weighted by molar-refractivity contribution is 5.86. The van der Waals surface area contributed by atoms with E-state index in [1.54, 1.807) is 6.08 Å².